The first-order chi connectivity index (χ1) is 19.2. The van der Waals surface area contributed by atoms with Gasteiger partial charge < -0.3 is 48.0 Å². The van der Waals surface area contributed by atoms with Crippen LogP contribution in [-0.2, 0) is 56.7 Å². The van der Waals surface area contributed by atoms with E-state index in [0.717, 1.165) is 19.4 Å². The zero-order chi connectivity index (χ0) is 33.0. The van der Waals surface area contributed by atoms with E-state index >= 15 is 0 Å². The number of ether oxygens (including phenoxy) is 3. The van der Waals surface area contributed by atoms with Gasteiger partial charge in [0.05, 0.1) is 17.7 Å². The molecule has 3 aliphatic rings. The van der Waals surface area contributed by atoms with E-state index in [9.17, 15) is 29.1 Å². The third kappa shape index (κ3) is 17.4. The van der Waals surface area contributed by atoms with Crippen molar-refractivity contribution in [3.63, 3.8) is 0 Å². The van der Waals surface area contributed by atoms with Gasteiger partial charge in [0.1, 0.15) is 11.7 Å². The Hall–Kier alpha value is -1.33. The number of cyclic esters (lactones) is 2. The van der Waals surface area contributed by atoms with Crippen molar-refractivity contribution in [2.24, 2.45) is 0 Å². The molecular formula is C29H57N2O11P2V-. The molecular weight excluding hydrogens is 665 g/mol. The summed E-state index contributed by atoms with van der Waals surface area (Å²) >= 11 is 0. The number of esters is 3. The van der Waals surface area contributed by atoms with Crippen molar-refractivity contribution in [1.82, 2.24) is 9.80 Å². The largest absolute Gasteiger partial charge is 0.500 e. The Labute approximate surface area is 285 Å². The van der Waals surface area contributed by atoms with Gasteiger partial charge in [-0.3, -0.25) is 9.59 Å². The number of aliphatic hydroxyl groups is 2. The zero-order valence-corrected chi connectivity index (χ0v) is 30.0. The third-order valence-electron chi connectivity index (χ3n) is 7.14. The van der Waals surface area contributed by atoms with Crippen molar-refractivity contribution in [2.45, 2.75) is 144 Å². The van der Waals surface area contributed by atoms with E-state index in [2.05, 4.69) is 18.4 Å². The minimum atomic E-state index is -1.14. The first-order valence-electron chi connectivity index (χ1n) is 13.9. The number of amides is 2. The third-order valence-corrected chi connectivity index (χ3v) is 7.14. The molecule has 0 saturated carbocycles. The maximum atomic E-state index is 11.6. The van der Waals surface area contributed by atoms with Crippen LogP contribution in [0.3, 0.4) is 0 Å². The van der Waals surface area contributed by atoms with Crippen molar-refractivity contribution in [1.29, 1.82) is 0 Å². The van der Waals surface area contributed by atoms with Crippen LogP contribution in [0.1, 0.15) is 103 Å². The average Bonchev–Trinajstić information content (AvgIpc) is 3.50. The van der Waals surface area contributed by atoms with E-state index in [-0.39, 0.29) is 65.8 Å². The molecule has 13 nitrogen and oxygen atoms in total. The molecule has 45 heavy (non-hydrogen) atoms. The molecule has 0 spiro atoms. The molecule has 0 bridgehead atoms. The van der Waals surface area contributed by atoms with Gasteiger partial charge in [0, 0.05) is 44.5 Å². The standard InChI is InChI=1S/C12H21NO4.C9H17NO2.C6H8O4.2CH4.H3OP2.V/c1-8(14)11(16)17-12(3,4)9(2)13-7-5-6-10(13)15;1-7(9(2,3)12)10-6-4-5-8(10)11;1-3-5(7)10-4(2)6(8)9-3;;;1-3-2;/h8-9,14H,5-7H2,1-4H3;7,12H,4-6H2,1-3H3;3-4H,1-2H3;2*1H4;1-3H;/q;;;;;-1;. The Bertz CT molecular complexity index is 912. The Morgan fingerprint density at radius 1 is 0.889 bits per heavy atom. The number of hydrogen-bond donors (Lipinski definition) is 3. The molecule has 0 aromatic rings. The predicted octanol–water partition coefficient (Wildman–Crippen LogP) is 3.23. The minimum absolute atomic E-state index is 0. The van der Waals surface area contributed by atoms with Crippen LogP contribution in [0.25, 0.3) is 0 Å². The minimum Gasteiger partial charge on any atom is -0.500 e. The van der Waals surface area contributed by atoms with Gasteiger partial charge in [-0.05, 0) is 75.2 Å². The summed E-state index contributed by atoms with van der Waals surface area (Å²) in [6.07, 6.45) is 0.344. The van der Waals surface area contributed by atoms with Gasteiger partial charge in [-0.1, -0.05) is 14.9 Å². The summed E-state index contributed by atoms with van der Waals surface area (Å²) in [6.45, 7) is 16.6. The van der Waals surface area contributed by atoms with Gasteiger partial charge in [-0.15, -0.1) is 0 Å². The number of nitrogens with zero attached hydrogens (tertiary/aromatic N) is 2. The van der Waals surface area contributed by atoms with Crippen LogP contribution in [0.2, 0.25) is 0 Å². The second-order valence-corrected chi connectivity index (χ2v) is 12.3. The van der Waals surface area contributed by atoms with Crippen LogP contribution in [0.15, 0.2) is 0 Å². The molecule has 3 heterocycles. The maximum Gasteiger partial charge on any atom is 0.347 e. The molecule has 0 aromatic heterocycles. The maximum absolute atomic E-state index is 11.6. The molecule has 6 unspecified atom stereocenters. The van der Waals surface area contributed by atoms with Crippen molar-refractivity contribution in [3.05, 3.63) is 0 Å². The van der Waals surface area contributed by atoms with Crippen molar-refractivity contribution >= 4 is 47.1 Å². The monoisotopic (exact) mass is 722 g/mol. The molecule has 0 aliphatic carbocycles. The molecule has 3 saturated heterocycles. The van der Waals surface area contributed by atoms with Crippen molar-refractivity contribution < 1.29 is 71.8 Å². The summed E-state index contributed by atoms with van der Waals surface area (Å²) in [6, 6.07) is -0.271. The van der Waals surface area contributed by atoms with Crippen LogP contribution in [0.5, 0.6) is 0 Å². The fourth-order valence-corrected chi connectivity index (χ4v) is 3.98. The summed E-state index contributed by atoms with van der Waals surface area (Å²) in [5.41, 5.74) is -1.59. The second-order valence-electron chi connectivity index (χ2n) is 11.4. The van der Waals surface area contributed by atoms with E-state index in [1.165, 1.54) is 20.8 Å². The van der Waals surface area contributed by atoms with E-state index in [4.69, 9.17) is 14.7 Å². The van der Waals surface area contributed by atoms with Crippen LogP contribution in [0, 0.1) is 0 Å². The van der Waals surface area contributed by atoms with Crippen LogP contribution in [0.4, 0.5) is 0 Å². The molecule has 1 radical (unpaired) electrons. The summed E-state index contributed by atoms with van der Waals surface area (Å²) in [4.78, 5) is 66.6. The number of hydrogen-bond acceptors (Lipinski definition) is 11. The smallest absolute Gasteiger partial charge is 0.347 e. The Kier molecular flexibility index (Phi) is 25.9. The van der Waals surface area contributed by atoms with Gasteiger partial charge in [0.2, 0.25) is 11.8 Å². The topological polar surface area (TPSA) is 180 Å². The summed E-state index contributed by atoms with van der Waals surface area (Å²) in [7, 11) is 2.66. The average molecular weight is 723 g/mol. The second kappa shape index (κ2) is 23.1. The number of likely N-dealkylation sites (tertiary alicyclic amines) is 2. The molecule has 0 aromatic carbocycles. The quantitative estimate of drug-likeness (QED) is 0.208. The van der Waals surface area contributed by atoms with Gasteiger partial charge in [0.25, 0.3) is 0 Å². The number of rotatable bonds is 6. The SMILES string of the molecule is C.C.CC(N1CCCC1=O)C(C)(C)O.CC(O)C(=O)OC(C)(C)C(C)N1CCCC1=O.CC1OC(=O)C(C)OC1=O.OP[PH-].[V]. The van der Waals surface area contributed by atoms with Crippen LogP contribution < -0.4 is 0 Å². The summed E-state index contributed by atoms with van der Waals surface area (Å²) < 4.78 is 14.4. The summed E-state index contributed by atoms with van der Waals surface area (Å²) in [5, 5.41) is 18.8. The molecule has 16 heteroatoms. The van der Waals surface area contributed by atoms with E-state index in [1.54, 1.807) is 37.5 Å². The van der Waals surface area contributed by atoms with Crippen LogP contribution >= 0.6 is 17.4 Å². The molecule has 3 N–H and O–H groups in total. The van der Waals surface area contributed by atoms with Gasteiger partial charge in [-0.2, -0.15) is 8.50 Å². The number of carbonyl (C=O) groups is 5. The zero-order valence-electron chi connectivity index (χ0n) is 26.6. The Balaban J connectivity index is -0.000000267. The number of carbonyl (C=O) groups excluding carboxylic acids is 5. The van der Waals surface area contributed by atoms with E-state index in [0.29, 0.717) is 19.4 Å². The van der Waals surface area contributed by atoms with E-state index < -0.39 is 47.4 Å². The molecule has 6 atom stereocenters. The molecule has 3 fully saturated rings. The number of aliphatic hydroxyl groups excluding tert-OH is 1. The first-order valence-corrected chi connectivity index (χ1v) is 16.3. The van der Waals surface area contributed by atoms with Crippen LogP contribution in [-0.4, -0.2) is 109 Å². The molecule has 3 rings (SSSR count). The van der Waals surface area contributed by atoms with E-state index in [1.807, 2.05) is 13.8 Å². The normalized spacial score (nSPS) is 21.4. The summed E-state index contributed by atoms with van der Waals surface area (Å²) in [5.74, 6) is -1.35. The van der Waals surface area contributed by atoms with Gasteiger partial charge in [-0.25, -0.2) is 14.4 Å². The fourth-order valence-electron chi connectivity index (χ4n) is 3.98. The van der Waals surface area contributed by atoms with Crippen molar-refractivity contribution in [3.8, 4) is 0 Å². The molecule has 265 valence electrons. The van der Waals surface area contributed by atoms with Crippen molar-refractivity contribution in [2.75, 3.05) is 13.1 Å². The Morgan fingerprint density at radius 2 is 1.22 bits per heavy atom. The first kappa shape index (κ1) is 50.5. The fraction of sp³-hybridized carbons (Fsp3) is 0.828. The van der Waals surface area contributed by atoms with Gasteiger partial charge in [0.15, 0.2) is 12.2 Å². The molecule has 2 amide bonds. The Morgan fingerprint density at radius 3 is 1.49 bits per heavy atom. The van der Waals surface area contributed by atoms with Gasteiger partial charge >= 0.3 is 17.9 Å². The predicted molar refractivity (Wildman–Crippen MR) is 172 cm³/mol. The molecule has 3 aliphatic heterocycles.